The third kappa shape index (κ3) is 6.33. The van der Waals surface area contributed by atoms with Crippen LogP contribution in [-0.4, -0.2) is 12.6 Å². The van der Waals surface area contributed by atoms with Crippen LogP contribution in [-0.2, 0) is 29.0 Å². The zero-order valence-electron chi connectivity index (χ0n) is 19.0. The number of nitrogens with zero attached hydrogens (tertiary/aromatic N) is 1. The minimum absolute atomic E-state index is 0.192. The predicted octanol–water partition coefficient (Wildman–Crippen LogP) is 6.67. The van der Waals surface area contributed by atoms with E-state index >= 15 is 0 Å². The first-order valence-corrected chi connectivity index (χ1v) is 11.4. The zero-order valence-corrected chi connectivity index (χ0v) is 19.0. The van der Waals surface area contributed by atoms with E-state index in [1.165, 1.54) is 16.8 Å². The zero-order chi connectivity index (χ0) is 22.9. The molecule has 0 aromatic heterocycles. The molecule has 3 heteroatoms. The SMILES string of the molecule is CCOC(=O)Cc1cccc(-c2ccc(N(Cc3ccccc3)Cc3ccccc3)cc2)c1. The summed E-state index contributed by atoms with van der Waals surface area (Å²) in [6.45, 7) is 3.91. The molecule has 33 heavy (non-hydrogen) atoms. The molecule has 0 amide bonds. The van der Waals surface area contributed by atoms with E-state index in [4.69, 9.17) is 4.74 Å². The van der Waals surface area contributed by atoms with Gasteiger partial charge in [-0.2, -0.15) is 0 Å². The van der Waals surface area contributed by atoms with Crippen molar-refractivity contribution < 1.29 is 9.53 Å². The van der Waals surface area contributed by atoms with Crippen LogP contribution in [0, 0.1) is 0 Å². The number of ether oxygens (including phenoxy) is 1. The van der Waals surface area contributed by atoms with Crippen molar-refractivity contribution in [1.29, 1.82) is 0 Å². The van der Waals surface area contributed by atoms with Crippen LogP contribution in [0.1, 0.15) is 23.6 Å². The number of hydrogen-bond donors (Lipinski definition) is 0. The Morgan fingerprint density at radius 3 is 1.82 bits per heavy atom. The Bertz CT molecular complexity index is 1110. The molecular formula is C30H29NO2. The summed E-state index contributed by atoms with van der Waals surface area (Å²) in [4.78, 5) is 14.2. The molecular weight excluding hydrogens is 406 g/mol. The topological polar surface area (TPSA) is 29.5 Å². The van der Waals surface area contributed by atoms with Gasteiger partial charge >= 0.3 is 5.97 Å². The molecule has 0 aliphatic carbocycles. The second kappa shape index (κ2) is 11.1. The molecule has 0 atom stereocenters. The van der Waals surface area contributed by atoms with E-state index < -0.39 is 0 Å². The Morgan fingerprint density at radius 2 is 1.24 bits per heavy atom. The maximum atomic E-state index is 11.9. The second-order valence-electron chi connectivity index (χ2n) is 8.06. The quantitative estimate of drug-likeness (QED) is 0.275. The van der Waals surface area contributed by atoms with Crippen LogP contribution in [0.5, 0.6) is 0 Å². The Balaban J connectivity index is 1.55. The maximum absolute atomic E-state index is 11.9. The van der Waals surface area contributed by atoms with E-state index in [-0.39, 0.29) is 5.97 Å². The van der Waals surface area contributed by atoms with Crippen molar-refractivity contribution in [3.05, 3.63) is 126 Å². The van der Waals surface area contributed by atoms with Crippen LogP contribution in [0.25, 0.3) is 11.1 Å². The number of hydrogen-bond acceptors (Lipinski definition) is 3. The summed E-state index contributed by atoms with van der Waals surface area (Å²) in [6.07, 6.45) is 0.293. The average molecular weight is 436 g/mol. The van der Waals surface area contributed by atoms with E-state index in [0.717, 1.165) is 29.8 Å². The lowest BCUT2D eigenvalue weighted by Crippen LogP contribution is -2.22. The molecule has 0 saturated heterocycles. The maximum Gasteiger partial charge on any atom is 0.310 e. The molecule has 3 nitrogen and oxygen atoms in total. The third-order valence-corrected chi connectivity index (χ3v) is 5.58. The summed E-state index contributed by atoms with van der Waals surface area (Å²) in [5.41, 5.74) is 6.93. The van der Waals surface area contributed by atoms with E-state index in [2.05, 4.69) is 102 Å². The molecule has 0 fully saturated rings. The van der Waals surface area contributed by atoms with Crippen LogP contribution in [0.2, 0.25) is 0 Å². The summed E-state index contributed by atoms with van der Waals surface area (Å²) < 4.78 is 5.09. The fourth-order valence-corrected chi connectivity index (χ4v) is 3.95. The summed E-state index contributed by atoms with van der Waals surface area (Å²) in [5.74, 6) is -0.192. The van der Waals surface area contributed by atoms with Crippen molar-refractivity contribution >= 4 is 11.7 Å². The molecule has 0 bridgehead atoms. The third-order valence-electron chi connectivity index (χ3n) is 5.58. The lowest BCUT2D eigenvalue weighted by atomic mass is 10.0. The monoisotopic (exact) mass is 435 g/mol. The lowest BCUT2D eigenvalue weighted by Gasteiger charge is -2.25. The highest BCUT2D eigenvalue weighted by Gasteiger charge is 2.10. The van der Waals surface area contributed by atoms with Gasteiger partial charge in [0.15, 0.2) is 0 Å². The van der Waals surface area contributed by atoms with Gasteiger partial charge in [-0.05, 0) is 46.9 Å². The summed E-state index contributed by atoms with van der Waals surface area (Å²) in [7, 11) is 0. The molecule has 0 aliphatic heterocycles. The van der Waals surface area contributed by atoms with E-state index in [1.54, 1.807) is 0 Å². The lowest BCUT2D eigenvalue weighted by molar-refractivity contribution is -0.142. The molecule has 4 aromatic rings. The highest BCUT2D eigenvalue weighted by Crippen LogP contribution is 2.26. The minimum Gasteiger partial charge on any atom is -0.466 e. The van der Waals surface area contributed by atoms with Crippen molar-refractivity contribution in [1.82, 2.24) is 0 Å². The fourth-order valence-electron chi connectivity index (χ4n) is 3.95. The van der Waals surface area contributed by atoms with Crippen molar-refractivity contribution in [3.8, 4) is 11.1 Å². The molecule has 166 valence electrons. The largest absolute Gasteiger partial charge is 0.466 e. The molecule has 0 spiro atoms. The number of anilines is 1. The first-order chi connectivity index (χ1) is 16.2. The van der Waals surface area contributed by atoms with Gasteiger partial charge in [-0.15, -0.1) is 0 Å². The number of rotatable bonds is 9. The second-order valence-corrected chi connectivity index (χ2v) is 8.06. The van der Waals surface area contributed by atoms with Crippen molar-refractivity contribution in [2.75, 3.05) is 11.5 Å². The molecule has 0 radical (unpaired) electrons. The number of carbonyl (C=O) groups excluding carboxylic acids is 1. The van der Waals surface area contributed by atoms with Crippen molar-refractivity contribution in [2.45, 2.75) is 26.4 Å². The van der Waals surface area contributed by atoms with Crippen LogP contribution < -0.4 is 4.90 Å². The Morgan fingerprint density at radius 1 is 0.667 bits per heavy atom. The Kier molecular flexibility index (Phi) is 7.55. The van der Waals surface area contributed by atoms with E-state index in [9.17, 15) is 4.79 Å². The number of carbonyl (C=O) groups is 1. The Hall–Kier alpha value is -3.85. The van der Waals surface area contributed by atoms with Crippen LogP contribution in [0.4, 0.5) is 5.69 Å². The van der Waals surface area contributed by atoms with Gasteiger partial charge in [-0.25, -0.2) is 0 Å². The smallest absolute Gasteiger partial charge is 0.310 e. The van der Waals surface area contributed by atoms with Gasteiger partial charge in [0.05, 0.1) is 13.0 Å². The fraction of sp³-hybridized carbons (Fsp3) is 0.167. The number of benzene rings is 4. The highest BCUT2D eigenvalue weighted by atomic mass is 16.5. The summed E-state index contributed by atoms with van der Waals surface area (Å²) in [5, 5.41) is 0. The van der Waals surface area contributed by atoms with Gasteiger partial charge in [0.1, 0.15) is 0 Å². The minimum atomic E-state index is -0.192. The van der Waals surface area contributed by atoms with Gasteiger partial charge in [0.25, 0.3) is 0 Å². The molecule has 0 N–H and O–H groups in total. The van der Waals surface area contributed by atoms with Crippen LogP contribution in [0.15, 0.2) is 109 Å². The standard InChI is InChI=1S/C30H29NO2/c1-2-33-30(32)21-26-14-9-15-28(20-26)27-16-18-29(19-17-27)31(22-24-10-5-3-6-11-24)23-25-12-7-4-8-13-25/h3-20H,2,21-23H2,1H3. The van der Waals surface area contributed by atoms with Gasteiger partial charge in [0, 0.05) is 18.8 Å². The molecule has 0 heterocycles. The average Bonchev–Trinajstić information content (AvgIpc) is 2.85. The van der Waals surface area contributed by atoms with E-state index in [1.807, 2.05) is 19.1 Å². The first kappa shape index (κ1) is 22.3. The summed E-state index contributed by atoms with van der Waals surface area (Å²) in [6, 6.07) is 37.9. The first-order valence-electron chi connectivity index (χ1n) is 11.4. The van der Waals surface area contributed by atoms with Gasteiger partial charge in [-0.3, -0.25) is 4.79 Å². The predicted molar refractivity (Wildman–Crippen MR) is 135 cm³/mol. The number of esters is 1. The molecule has 0 saturated carbocycles. The van der Waals surface area contributed by atoms with Gasteiger partial charge in [-0.1, -0.05) is 97.1 Å². The molecule has 4 aromatic carbocycles. The molecule has 4 rings (SSSR count). The normalized spacial score (nSPS) is 10.6. The molecule has 0 aliphatic rings. The van der Waals surface area contributed by atoms with Gasteiger partial charge < -0.3 is 9.64 Å². The van der Waals surface area contributed by atoms with Gasteiger partial charge in [0.2, 0.25) is 0 Å². The summed E-state index contributed by atoms with van der Waals surface area (Å²) >= 11 is 0. The van der Waals surface area contributed by atoms with Crippen LogP contribution >= 0.6 is 0 Å². The van der Waals surface area contributed by atoms with Crippen molar-refractivity contribution in [2.24, 2.45) is 0 Å². The van der Waals surface area contributed by atoms with Crippen molar-refractivity contribution in [3.63, 3.8) is 0 Å². The van der Waals surface area contributed by atoms with E-state index in [0.29, 0.717) is 13.0 Å². The Labute approximate surface area is 196 Å². The highest BCUT2D eigenvalue weighted by molar-refractivity contribution is 5.74. The van der Waals surface area contributed by atoms with Crippen LogP contribution in [0.3, 0.4) is 0 Å². The molecule has 0 unspecified atom stereocenters.